The molecule has 11 heteroatoms. The number of nitrogens with two attached hydrogens (primary N) is 1. The highest BCUT2D eigenvalue weighted by atomic mass is 16.7. The molecule has 4 N–H and O–H groups in total. The minimum absolute atomic E-state index is 0.217. The van der Waals surface area contributed by atoms with Gasteiger partial charge in [0.15, 0.2) is 5.82 Å². The molecule has 1 fully saturated rings. The van der Waals surface area contributed by atoms with Crippen LogP contribution in [0.3, 0.4) is 0 Å². The minimum atomic E-state index is -1.96. The number of hydrogen-bond donors (Lipinski definition) is 3. The second-order valence-corrected chi connectivity index (χ2v) is 5.42. The predicted molar refractivity (Wildman–Crippen MR) is 79.9 cm³/mol. The van der Waals surface area contributed by atoms with Gasteiger partial charge in [0.05, 0.1) is 12.8 Å². The fourth-order valence-electron chi connectivity index (χ4n) is 2.70. The van der Waals surface area contributed by atoms with E-state index >= 15 is 0 Å². The molecule has 0 bridgehead atoms. The zero-order valence-corrected chi connectivity index (χ0v) is 13.1. The summed E-state index contributed by atoms with van der Waals surface area (Å²) in [7, 11) is 1.10. The largest absolute Gasteiger partial charge is 0.508 e. The van der Waals surface area contributed by atoms with Crippen molar-refractivity contribution < 1.29 is 29.2 Å². The molecular weight excluding hydrogens is 334 g/mol. The third kappa shape index (κ3) is 2.62. The second kappa shape index (κ2) is 6.17. The first-order valence-electron chi connectivity index (χ1n) is 7.17. The SMILES string of the molecule is COC(=O)OC[C@@]1(C#N)O[C@@H](c2ccc3c(N)ncnn23)[C@H](O)[C@@H]1O. The number of anilines is 1. The van der Waals surface area contributed by atoms with Crippen molar-refractivity contribution in [3.8, 4) is 6.07 Å². The number of aromatic nitrogens is 3. The molecule has 2 aromatic heterocycles. The Hall–Kier alpha value is -2.94. The molecule has 25 heavy (non-hydrogen) atoms. The fourth-order valence-corrected chi connectivity index (χ4v) is 2.70. The molecule has 3 heterocycles. The average molecular weight is 349 g/mol. The van der Waals surface area contributed by atoms with Gasteiger partial charge in [-0.25, -0.2) is 14.3 Å². The molecule has 1 saturated heterocycles. The van der Waals surface area contributed by atoms with E-state index in [1.165, 1.54) is 10.8 Å². The summed E-state index contributed by atoms with van der Waals surface area (Å²) in [6.45, 7) is -0.620. The number of hydrogen-bond acceptors (Lipinski definition) is 10. The van der Waals surface area contributed by atoms with Crippen LogP contribution in [0, 0.1) is 11.3 Å². The molecule has 0 saturated carbocycles. The number of nitriles is 1. The maximum absolute atomic E-state index is 11.1. The first kappa shape index (κ1) is 16.9. The highest BCUT2D eigenvalue weighted by molar-refractivity contribution is 5.65. The Labute approximate surface area is 141 Å². The second-order valence-electron chi connectivity index (χ2n) is 5.42. The Balaban J connectivity index is 1.94. The molecule has 0 aromatic carbocycles. The maximum atomic E-state index is 11.1. The fraction of sp³-hybridized carbons (Fsp3) is 0.429. The quantitative estimate of drug-likeness (QED) is 0.594. The normalized spacial score (nSPS) is 28.6. The van der Waals surface area contributed by atoms with Crippen LogP contribution in [-0.4, -0.2) is 62.5 Å². The third-order valence-electron chi connectivity index (χ3n) is 4.01. The van der Waals surface area contributed by atoms with Crippen LogP contribution >= 0.6 is 0 Å². The Kier molecular flexibility index (Phi) is 4.17. The molecule has 0 aliphatic carbocycles. The van der Waals surface area contributed by atoms with E-state index in [0.717, 1.165) is 7.11 Å². The Morgan fingerprint density at radius 2 is 2.32 bits per heavy atom. The molecule has 2 aromatic rings. The number of nitrogens with zero attached hydrogens (tertiary/aromatic N) is 4. The van der Waals surface area contributed by atoms with E-state index < -0.39 is 36.7 Å². The van der Waals surface area contributed by atoms with Crippen molar-refractivity contribution in [3.63, 3.8) is 0 Å². The first-order valence-corrected chi connectivity index (χ1v) is 7.17. The van der Waals surface area contributed by atoms with Crippen LogP contribution in [-0.2, 0) is 14.2 Å². The van der Waals surface area contributed by atoms with Crippen LogP contribution in [0.2, 0.25) is 0 Å². The number of aliphatic hydroxyl groups excluding tert-OH is 2. The van der Waals surface area contributed by atoms with Gasteiger partial charge in [-0.05, 0) is 12.1 Å². The lowest BCUT2D eigenvalue weighted by atomic mass is 9.96. The van der Waals surface area contributed by atoms with Crippen molar-refractivity contribution in [1.82, 2.24) is 14.6 Å². The summed E-state index contributed by atoms with van der Waals surface area (Å²) in [5.41, 5.74) is 4.63. The first-order chi connectivity index (χ1) is 11.9. The van der Waals surface area contributed by atoms with Crippen LogP contribution in [0.1, 0.15) is 11.8 Å². The Bertz CT molecular complexity index is 848. The van der Waals surface area contributed by atoms with Crippen molar-refractivity contribution in [1.29, 1.82) is 5.26 Å². The van der Waals surface area contributed by atoms with Gasteiger partial charge in [-0.15, -0.1) is 0 Å². The van der Waals surface area contributed by atoms with E-state index in [1.807, 2.05) is 0 Å². The zero-order valence-electron chi connectivity index (χ0n) is 13.1. The molecule has 0 unspecified atom stereocenters. The van der Waals surface area contributed by atoms with E-state index in [2.05, 4.69) is 14.8 Å². The van der Waals surface area contributed by atoms with Gasteiger partial charge in [-0.1, -0.05) is 0 Å². The van der Waals surface area contributed by atoms with Crippen LogP contribution < -0.4 is 5.73 Å². The topological polar surface area (TPSA) is 165 Å². The smallest absolute Gasteiger partial charge is 0.438 e. The van der Waals surface area contributed by atoms with Gasteiger partial charge in [0, 0.05) is 0 Å². The molecule has 1 aliphatic rings. The number of fused-ring (bicyclic) bond motifs is 1. The Morgan fingerprint density at radius 1 is 1.56 bits per heavy atom. The predicted octanol–water partition coefficient (Wildman–Crippen LogP) is -0.850. The lowest BCUT2D eigenvalue weighted by Crippen LogP contribution is -2.46. The van der Waals surface area contributed by atoms with Crippen LogP contribution in [0.5, 0.6) is 0 Å². The molecule has 11 nitrogen and oxygen atoms in total. The molecule has 4 atom stereocenters. The molecule has 0 amide bonds. The van der Waals surface area contributed by atoms with Gasteiger partial charge in [0.25, 0.3) is 0 Å². The van der Waals surface area contributed by atoms with Crippen molar-refractivity contribution in [2.24, 2.45) is 0 Å². The van der Waals surface area contributed by atoms with Crippen molar-refractivity contribution in [2.45, 2.75) is 23.9 Å². The van der Waals surface area contributed by atoms with Gasteiger partial charge < -0.3 is 30.2 Å². The summed E-state index contributed by atoms with van der Waals surface area (Å²) < 4.78 is 16.0. The highest BCUT2D eigenvalue weighted by Crippen LogP contribution is 2.40. The molecule has 0 spiro atoms. The summed E-state index contributed by atoms with van der Waals surface area (Å²) in [4.78, 5) is 15.0. The number of ether oxygens (including phenoxy) is 3. The van der Waals surface area contributed by atoms with E-state index in [1.54, 1.807) is 18.2 Å². The van der Waals surface area contributed by atoms with Gasteiger partial charge >= 0.3 is 6.16 Å². The van der Waals surface area contributed by atoms with Crippen LogP contribution in [0.4, 0.5) is 10.6 Å². The van der Waals surface area contributed by atoms with Crippen molar-refractivity contribution in [2.75, 3.05) is 19.5 Å². The molecular formula is C14H15N5O6. The zero-order chi connectivity index (χ0) is 18.2. The maximum Gasteiger partial charge on any atom is 0.508 e. The van der Waals surface area contributed by atoms with E-state index in [4.69, 9.17) is 15.2 Å². The van der Waals surface area contributed by atoms with Gasteiger partial charge in [0.1, 0.15) is 42.8 Å². The van der Waals surface area contributed by atoms with Gasteiger partial charge in [0.2, 0.25) is 5.60 Å². The van der Waals surface area contributed by atoms with Crippen molar-refractivity contribution in [3.05, 3.63) is 24.2 Å². The molecule has 3 rings (SSSR count). The minimum Gasteiger partial charge on any atom is -0.438 e. The highest BCUT2D eigenvalue weighted by Gasteiger charge is 2.57. The average Bonchev–Trinajstić information content (AvgIpc) is 3.15. The van der Waals surface area contributed by atoms with Crippen molar-refractivity contribution >= 4 is 17.5 Å². The monoisotopic (exact) mass is 349 g/mol. The molecule has 132 valence electrons. The summed E-state index contributed by atoms with van der Waals surface area (Å²) >= 11 is 0. The van der Waals surface area contributed by atoms with Gasteiger partial charge in [-0.2, -0.15) is 10.4 Å². The van der Waals surface area contributed by atoms with E-state index in [0.29, 0.717) is 11.2 Å². The summed E-state index contributed by atoms with van der Waals surface area (Å²) in [6.07, 6.45) is -4.02. The number of carbonyl (C=O) groups is 1. The number of nitrogen functional groups attached to an aromatic ring is 1. The molecule has 0 radical (unpaired) electrons. The Morgan fingerprint density at radius 3 is 3.00 bits per heavy atom. The summed E-state index contributed by atoms with van der Waals surface area (Å²) in [6, 6.07) is 4.95. The molecule has 1 aliphatic heterocycles. The standard InChI is InChI=1S/C14H15N5O6/c1-23-13(22)24-5-14(4-15)11(21)9(20)10(25-14)7-2-3-8-12(16)17-6-18-19(7)8/h2-3,6,9-11,20-21H,5H2,1H3,(H2,16,17,18)/t9-,10-,11-,14+/m0/s1. The summed E-state index contributed by atoms with van der Waals surface area (Å²) in [5.74, 6) is 0.217. The van der Waals surface area contributed by atoms with Gasteiger partial charge in [-0.3, -0.25) is 0 Å². The lowest BCUT2D eigenvalue weighted by Gasteiger charge is -2.23. The van der Waals surface area contributed by atoms with Crippen LogP contribution in [0.15, 0.2) is 18.5 Å². The number of carbonyl (C=O) groups excluding carboxylic acids is 1. The van der Waals surface area contributed by atoms with E-state index in [-0.39, 0.29) is 5.82 Å². The number of aliphatic hydroxyl groups is 2. The van der Waals surface area contributed by atoms with E-state index in [9.17, 15) is 20.3 Å². The number of rotatable bonds is 3. The third-order valence-corrected chi connectivity index (χ3v) is 4.01. The number of methoxy groups -OCH3 is 1. The summed E-state index contributed by atoms with van der Waals surface area (Å²) in [5, 5.41) is 34.1. The lowest BCUT2D eigenvalue weighted by molar-refractivity contribution is -0.0840. The van der Waals surface area contributed by atoms with Crippen LogP contribution in [0.25, 0.3) is 5.52 Å².